The summed E-state index contributed by atoms with van der Waals surface area (Å²) >= 11 is 0. The van der Waals surface area contributed by atoms with Crippen molar-refractivity contribution in [1.82, 2.24) is 0 Å². The number of fused-ring (bicyclic) bond motifs is 1. The van der Waals surface area contributed by atoms with Crippen molar-refractivity contribution in [2.24, 2.45) is 5.92 Å². The van der Waals surface area contributed by atoms with E-state index in [0.717, 1.165) is 15.9 Å². The van der Waals surface area contributed by atoms with Crippen LogP contribution in [-0.2, 0) is 9.98 Å². The molecule has 0 saturated carbocycles. The fourth-order valence-electron chi connectivity index (χ4n) is 4.61. The van der Waals surface area contributed by atoms with Gasteiger partial charge in [-0.25, -0.2) is 0 Å². The maximum Gasteiger partial charge on any atom is 0.171 e. The fourth-order valence-corrected chi connectivity index (χ4v) is 7.29. The van der Waals surface area contributed by atoms with Crippen LogP contribution in [0.25, 0.3) is 0 Å². The summed E-state index contributed by atoms with van der Waals surface area (Å²) in [7, 11) is -2.88. The second kappa shape index (κ2) is 6.50. The van der Waals surface area contributed by atoms with Gasteiger partial charge in [0.2, 0.25) is 0 Å². The molecule has 4 rings (SSSR count). The molecule has 2 heteroatoms. The highest BCUT2D eigenvalue weighted by Crippen LogP contribution is 2.56. The van der Waals surface area contributed by atoms with Crippen molar-refractivity contribution >= 4 is 23.1 Å². The number of rotatable bonds is 4. The molecule has 0 N–H and O–H groups in total. The van der Waals surface area contributed by atoms with E-state index in [1.165, 1.54) is 11.1 Å². The van der Waals surface area contributed by atoms with E-state index in [-0.39, 0.29) is 5.41 Å². The van der Waals surface area contributed by atoms with Gasteiger partial charge < -0.3 is 4.57 Å². The summed E-state index contributed by atoms with van der Waals surface area (Å²) in [5.74, 6) is 1.06. The first-order chi connectivity index (χ1) is 12.9. The van der Waals surface area contributed by atoms with Gasteiger partial charge in [-0.05, 0) is 29.0 Å². The standard InChI is InChI=1S/C25H27OP/c1-18(2)25(4)19(3)23-17-22(15-16-24(23)25)27(26,20-11-7-5-8-12-20)21-13-9-6-10-14-21/h5-19H,1-4H3/t19?,25-/m1/s1. The maximum absolute atomic E-state index is 14.5. The summed E-state index contributed by atoms with van der Waals surface area (Å²) in [6, 6.07) is 26.4. The zero-order chi connectivity index (χ0) is 19.2. The predicted molar refractivity (Wildman–Crippen MR) is 116 cm³/mol. The molecule has 1 unspecified atom stereocenters. The lowest BCUT2D eigenvalue weighted by Gasteiger charge is -2.51. The van der Waals surface area contributed by atoms with E-state index >= 15 is 0 Å². The van der Waals surface area contributed by atoms with Gasteiger partial charge in [-0.1, -0.05) is 100 Å². The van der Waals surface area contributed by atoms with Gasteiger partial charge >= 0.3 is 0 Å². The third kappa shape index (κ3) is 2.56. The molecule has 2 atom stereocenters. The molecule has 0 radical (unpaired) electrons. The molecule has 0 aliphatic heterocycles. The maximum atomic E-state index is 14.5. The Balaban J connectivity index is 1.91. The normalized spacial score (nSPS) is 21.6. The third-order valence-corrected chi connectivity index (χ3v) is 9.84. The van der Waals surface area contributed by atoms with Crippen molar-refractivity contribution in [2.75, 3.05) is 0 Å². The van der Waals surface area contributed by atoms with E-state index in [2.05, 4.69) is 45.9 Å². The van der Waals surface area contributed by atoms with Crippen LogP contribution in [0.3, 0.4) is 0 Å². The first kappa shape index (κ1) is 18.3. The second-order valence-electron chi connectivity index (χ2n) is 8.21. The minimum Gasteiger partial charge on any atom is -0.309 e. The van der Waals surface area contributed by atoms with Gasteiger partial charge in [-0.15, -0.1) is 0 Å². The molecule has 1 aliphatic rings. The van der Waals surface area contributed by atoms with Crippen molar-refractivity contribution in [3.05, 3.63) is 90.0 Å². The van der Waals surface area contributed by atoms with E-state index in [0.29, 0.717) is 11.8 Å². The van der Waals surface area contributed by atoms with Crippen LogP contribution in [0.5, 0.6) is 0 Å². The summed E-state index contributed by atoms with van der Waals surface area (Å²) in [4.78, 5) is 0. The smallest absolute Gasteiger partial charge is 0.171 e. The first-order valence-corrected chi connectivity index (χ1v) is 11.5. The van der Waals surface area contributed by atoms with Crippen LogP contribution in [0.1, 0.15) is 44.7 Å². The van der Waals surface area contributed by atoms with Gasteiger partial charge in [0.25, 0.3) is 0 Å². The summed E-state index contributed by atoms with van der Waals surface area (Å²) < 4.78 is 14.5. The Morgan fingerprint density at radius 1 is 0.815 bits per heavy atom. The molecular weight excluding hydrogens is 347 g/mol. The zero-order valence-corrected chi connectivity index (χ0v) is 17.4. The fraction of sp³-hybridized carbons (Fsp3) is 0.280. The molecule has 0 spiro atoms. The monoisotopic (exact) mass is 374 g/mol. The molecule has 0 fully saturated rings. The van der Waals surface area contributed by atoms with Gasteiger partial charge in [0, 0.05) is 21.3 Å². The number of hydrogen-bond donors (Lipinski definition) is 0. The number of benzene rings is 3. The van der Waals surface area contributed by atoms with E-state index in [1.807, 2.05) is 60.7 Å². The van der Waals surface area contributed by atoms with E-state index < -0.39 is 7.14 Å². The molecule has 0 bridgehead atoms. The van der Waals surface area contributed by atoms with Crippen LogP contribution >= 0.6 is 7.14 Å². The lowest BCUT2D eigenvalue weighted by Crippen LogP contribution is -2.44. The SMILES string of the molecule is CC(C)[C@@]1(C)c2ccc(P(=O)(c3ccccc3)c3ccccc3)cc2C1C. The predicted octanol–water partition coefficient (Wildman–Crippen LogP) is 5.36. The molecule has 27 heavy (non-hydrogen) atoms. The van der Waals surface area contributed by atoms with Crippen LogP contribution in [-0.4, -0.2) is 0 Å². The average Bonchev–Trinajstić information content (AvgIpc) is 2.72. The molecular formula is C25H27OP. The van der Waals surface area contributed by atoms with Crippen LogP contribution < -0.4 is 15.9 Å². The zero-order valence-electron chi connectivity index (χ0n) is 16.5. The molecule has 3 aromatic carbocycles. The van der Waals surface area contributed by atoms with Crippen molar-refractivity contribution in [1.29, 1.82) is 0 Å². The minimum atomic E-state index is -2.88. The Morgan fingerprint density at radius 2 is 1.33 bits per heavy atom. The van der Waals surface area contributed by atoms with Crippen molar-refractivity contribution in [3.63, 3.8) is 0 Å². The Bertz CT molecular complexity index is 964. The summed E-state index contributed by atoms with van der Waals surface area (Å²) in [5, 5.41) is 2.74. The molecule has 138 valence electrons. The van der Waals surface area contributed by atoms with E-state index in [9.17, 15) is 4.57 Å². The quantitative estimate of drug-likeness (QED) is 0.562. The van der Waals surface area contributed by atoms with Gasteiger partial charge in [0.15, 0.2) is 7.14 Å². The first-order valence-electron chi connectivity index (χ1n) is 9.76. The summed E-state index contributed by atoms with van der Waals surface area (Å²) in [6.45, 7) is 9.26. The molecule has 0 saturated heterocycles. The average molecular weight is 374 g/mol. The lowest BCUT2D eigenvalue weighted by atomic mass is 9.53. The van der Waals surface area contributed by atoms with Gasteiger partial charge in [-0.3, -0.25) is 0 Å². The molecule has 3 aromatic rings. The van der Waals surface area contributed by atoms with Gasteiger partial charge in [0.1, 0.15) is 0 Å². The Hall–Kier alpha value is -2.11. The van der Waals surface area contributed by atoms with Crippen LogP contribution in [0.4, 0.5) is 0 Å². The summed E-state index contributed by atoms with van der Waals surface area (Å²) in [5.41, 5.74) is 2.98. The highest BCUT2D eigenvalue weighted by molar-refractivity contribution is 7.85. The van der Waals surface area contributed by atoms with Crippen molar-refractivity contribution < 1.29 is 4.57 Å². The summed E-state index contributed by atoms with van der Waals surface area (Å²) in [6.07, 6.45) is 0. The van der Waals surface area contributed by atoms with Gasteiger partial charge in [-0.2, -0.15) is 0 Å². The molecule has 0 amide bonds. The molecule has 0 aromatic heterocycles. The third-order valence-electron chi connectivity index (χ3n) is 6.78. The van der Waals surface area contributed by atoms with Crippen molar-refractivity contribution in [3.8, 4) is 0 Å². The highest BCUT2D eigenvalue weighted by atomic mass is 31.2. The second-order valence-corrected chi connectivity index (χ2v) is 11.0. The largest absolute Gasteiger partial charge is 0.309 e. The van der Waals surface area contributed by atoms with E-state index in [4.69, 9.17) is 0 Å². The van der Waals surface area contributed by atoms with Crippen LogP contribution in [0, 0.1) is 5.92 Å². The minimum absolute atomic E-state index is 0.206. The van der Waals surface area contributed by atoms with E-state index in [1.54, 1.807) is 0 Å². The van der Waals surface area contributed by atoms with Crippen LogP contribution in [0.15, 0.2) is 78.9 Å². The molecule has 0 heterocycles. The molecule has 1 aliphatic carbocycles. The molecule has 1 nitrogen and oxygen atoms in total. The Kier molecular flexibility index (Phi) is 4.40. The lowest BCUT2D eigenvalue weighted by molar-refractivity contribution is 0.241. The van der Waals surface area contributed by atoms with Gasteiger partial charge in [0.05, 0.1) is 0 Å². The van der Waals surface area contributed by atoms with Crippen LogP contribution in [0.2, 0.25) is 0 Å². The Labute approximate surface area is 162 Å². The van der Waals surface area contributed by atoms with Crippen molar-refractivity contribution in [2.45, 2.75) is 39.0 Å². The highest BCUT2D eigenvalue weighted by Gasteiger charge is 2.48. The topological polar surface area (TPSA) is 17.1 Å². The Morgan fingerprint density at radius 3 is 1.81 bits per heavy atom. The number of hydrogen-bond acceptors (Lipinski definition) is 1.